The molecule has 1 aromatic carbocycles. The van der Waals surface area contributed by atoms with Crippen LogP contribution >= 0.6 is 15.9 Å². The normalized spacial score (nSPS) is 22.7. The topological polar surface area (TPSA) is 66.4 Å². The molecule has 2 rings (SSSR count). The van der Waals surface area contributed by atoms with Gasteiger partial charge in [-0.25, -0.2) is 0 Å². The lowest BCUT2D eigenvalue weighted by Gasteiger charge is -2.12. The first-order valence-corrected chi connectivity index (χ1v) is 6.65. The van der Waals surface area contributed by atoms with Crippen LogP contribution in [0.1, 0.15) is 29.6 Å². The number of carbonyl (C=O) groups is 2. The van der Waals surface area contributed by atoms with E-state index in [9.17, 15) is 9.59 Å². The second-order valence-electron chi connectivity index (χ2n) is 4.53. The van der Waals surface area contributed by atoms with E-state index in [-0.39, 0.29) is 17.9 Å². The molecule has 1 aliphatic rings. The zero-order valence-corrected chi connectivity index (χ0v) is 11.3. The van der Waals surface area contributed by atoms with Crippen LogP contribution < -0.4 is 5.32 Å². The average molecular weight is 312 g/mol. The molecule has 96 valence electrons. The number of benzene rings is 1. The molecule has 4 nitrogen and oxygen atoms in total. The number of aliphatic carboxylic acids is 1. The molecule has 0 bridgehead atoms. The molecule has 0 heterocycles. The second-order valence-corrected chi connectivity index (χ2v) is 5.44. The lowest BCUT2D eigenvalue weighted by molar-refractivity contribution is -0.141. The molecule has 1 aliphatic carbocycles. The van der Waals surface area contributed by atoms with Gasteiger partial charge in [0, 0.05) is 16.1 Å². The molecule has 2 unspecified atom stereocenters. The maximum atomic E-state index is 12.0. The van der Waals surface area contributed by atoms with Crippen LogP contribution in [0.4, 0.5) is 0 Å². The summed E-state index contributed by atoms with van der Waals surface area (Å²) in [6, 6.07) is 7.11. The maximum Gasteiger partial charge on any atom is 0.306 e. The Balaban J connectivity index is 1.95. The Hall–Kier alpha value is -1.36. The molecule has 0 spiro atoms. The van der Waals surface area contributed by atoms with E-state index in [1.807, 2.05) is 6.07 Å². The monoisotopic (exact) mass is 311 g/mol. The highest BCUT2D eigenvalue weighted by Crippen LogP contribution is 2.26. The summed E-state index contributed by atoms with van der Waals surface area (Å²) < 4.78 is 0.852. The van der Waals surface area contributed by atoms with Gasteiger partial charge in [-0.05, 0) is 37.5 Å². The van der Waals surface area contributed by atoms with E-state index in [1.54, 1.807) is 18.2 Å². The number of carboxylic acids is 1. The summed E-state index contributed by atoms with van der Waals surface area (Å²) in [5.74, 6) is -1.24. The predicted molar refractivity (Wildman–Crippen MR) is 70.4 cm³/mol. The average Bonchev–Trinajstić information content (AvgIpc) is 2.77. The molecule has 1 aromatic rings. The highest BCUT2D eigenvalue weighted by molar-refractivity contribution is 9.10. The fraction of sp³-hybridized carbons (Fsp3) is 0.385. The van der Waals surface area contributed by atoms with Crippen molar-refractivity contribution in [2.75, 3.05) is 0 Å². The van der Waals surface area contributed by atoms with Crippen LogP contribution in [0.25, 0.3) is 0 Å². The molecule has 1 fully saturated rings. The van der Waals surface area contributed by atoms with E-state index in [0.29, 0.717) is 18.4 Å². The number of halogens is 1. The smallest absolute Gasteiger partial charge is 0.306 e. The first-order valence-electron chi connectivity index (χ1n) is 5.85. The van der Waals surface area contributed by atoms with Gasteiger partial charge in [-0.3, -0.25) is 9.59 Å². The molecule has 2 atom stereocenters. The molecule has 0 aliphatic heterocycles. The van der Waals surface area contributed by atoms with Crippen molar-refractivity contribution in [2.45, 2.75) is 25.3 Å². The van der Waals surface area contributed by atoms with Gasteiger partial charge in [0.1, 0.15) is 0 Å². The minimum absolute atomic E-state index is 0.0300. The van der Waals surface area contributed by atoms with E-state index in [4.69, 9.17) is 5.11 Å². The Kier molecular flexibility index (Phi) is 4.01. The van der Waals surface area contributed by atoms with Gasteiger partial charge < -0.3 is 10.4 Å². The first-order chi connectivity index (χ1) is 8.56. The van der Waals surface area contributed by atoms with Gasteiger partial charge in [-0.1, -0.05) is 22.0 Å². The number of carboxylic acid groups (broad SMARTS) is 1. The third kappa shape index (κ3) is 3.10. The van der Waals surface area contributed by atoms with Crippen molar-refractivity contribution in [2.24, 2.45) is 5.92 Å². The van der Waals surface area contributed by atoms with E-state index >= 15 is 0 Å². The van der Waals surface area contributed by atoms with Crippen molar-refractivity contribution in [1.29, 1.82) is 0 Å². The number of rotatable bonds is 3. The number of nitrogens with one attached hydrogen (secondary N) is 1. The van der Waals surface area contributed by atoms with Gasteiger partial charge in [0.25, 0.3) is 5.91 Å². The quantitative estimate of drug-likeness (QED) is 0.901. The second kappa shape index (κ2) is 5.52. The van der Waals surface area contributed by atoms with Crippen LogP contribution in [-0.2, 0) is 4.79 Å². The molecule has 2 N–H and O–H groups in total. The minimum atomic E-state index is -0.769. The van der Waals surface area contributed by atoms with Crippen molar-refractivity contribution in [1.82, 2.24) is 5.32 Å². The number of hydrogen-bond donors (Lipinski definition) is 2. The van der Waals surface area contributed by atoms with Gasteiger partial charge in [0.2, 0.25) is 0 Å². The molecule has 18 heavy (non-hydrogen) atoms. The van der Waals surface area contributed by atoms with Crippen molar-refractivity contribution in [3.63, 3.8) is 0 Å². The van der Waals surface area contributed by atoms with E-state index in [2.05, 4.69) is 21.2 Å². The summed E-state index contributed by atoms with van der Waals surface area (Å²) in [5.41, 5.74) is 0.586. The van der Waals surface area contributed by atoms with Crippen molar-refractivity contribution < 1.29 is 14.7 Å². The number of hydrogen-bond acceptors (Lipinski definition) is 2. The van der Waals surface area contributed by atoms with Crippen LogP contribution in [0.2, 0.25) is 0 Å². The third-order valence-electron chi connectivity index (χ3n) is 3.20. The summed E-state index contributed by atoms with van der Waals surface area (Å²) >= 11 is 3.31. The maximum absolute atomic E-state index is 12.0. The molecule has 0 saturated heterocycles. The highest BCUT2D eigenvalue weighted by atomic mass is 79.9. The van der Waals surface area contributed by atoms with Gasteiger partial charge >= 0.3 is 5.97 Å². The Morgan fingerprint density at radius 1 is 1.33 bits per heavy atom. The van der Waals surface area contributed by atoms with Crippen LogP contribution in [0.5, 0.6) is 0 Å². The lowest BCUT2D eigenvalue weighted by Crippen LogP contribution is -2.33. The van der Waals surface area contributed by atoms with Gasteiger partial charge in [-0.2, -0.15) is 0 Å². The van der Waals surface area contributed by atoms with Crippen LogP contribution in [0.15, 0.2) is 28.7 Å². The lowest BCUT2D eigenvalue weighted by atomic mass is 10.1. The van der Waals surface area contributed by atoms with E-state index < -0.39 is 5.97 Å². The molecule has 0 aromatic heterocycles. The molecule has 1 amide bonds. The summed E-state index contributed by atoms with van der Waals surface area (Å²) in [6.45, 7) is 0. The van der Waals surface area contributed by atoms with E-state index in [1.165, 1.54) is 0 Å². The van der Waals surface area contributed by atoms with Crippen LogP contribution in [-0.4, -0.2) is 23.0 Å². The van der Waals surface area contributed by atoms with Gasteiger partial charge in [-0.15, -0.1) is 0 Å². The highest BCUT2D eigenvalue weighted by Gasteiger charge is 2.30. The molecule has 5 heteroatoms. The number of amides is 1. The standard InChI is InChI=1S/C13H14BrNO3/c14-10-3-1-2-8(6-10)12(16)15-11-5-4-9(7-11)13(17)18/h1-3,6,9,11H,4-5,7H2,(H,15,16)(H,17,18). The van der Waals surface area contributed by atoms with E-state index in [0.717, 1.165) is 10.9 Å². The fourth-order valence-corrected chi connectivity index (χ4v) is 2.63. The van der Waals surface area contributed by atoms with Crippen molar-refractivity contribution in [3.05, 3.63) is 34.3 Å². The molecule has 1 saturated carbocycles. The summed E-state index contributed by atoms with van der Waals surface area (Å²) in [6.07, 6.45) is 1.89. The predicted octanol–water partition coefficient (Wildman–Crippen LogP) is 2.43. The number of carbonyl (C=O) groups excluding carboxylic acids is 1. The van der Waals surface area contributed by atoms with Gasteiger partial charge in [0.15, 0.2) is 0 Å². The van der Waals surface area contributed by atoms with Crippen molar-refractivity contribution >= 4 is 27.8 Å². The van der Waals surface area contributed by atoms with Crippen LogP contribution in [0.3, 0.4) is 0 Å². The van der Waals surface area contributed by atoms with Crippen molar-refractivity contribution in [3.8, 4) is 0 Å². The zero-order valence-electron chi connectivity index (χ0n) is 9.73. The fourth-order valence-electron chi connectivity index (χ4n) is 2.24. The van der Waals surface area contributed by atoms with Crippen LogP contribution in [0, 0.1) is 5.92 Å². The zero-order chi connectivity index (χ0) is 13.1. The summed E-state index contributed by atoms with van der Waals surface area (Å²) in [7, 11) is 0. The Bertz CT molecular complexity index is 475. The Labute approximate surface area is 114 Å². The van der Waals surface area contributed by atoms with Gasteiger partial charge in [0.05, 0.1) is 5.92 Å². The summed E-state index contributed by atoms with van der Waals surface area (Å²) in [4.78, 5) is 22.8. The summed E-state index contributed by atoms with van der Waals surface area (Å²) in [5, 5.41) is 11.8. The Morgan fingerprint density at radius 3 is 2.72 bits per heavy atom. The molecule has 0 radical (unpaired) electrons. The largest absolute Gasteiger partial charge is 0.481 e. The Morgan fingerprint density at radius 2 is 2.11 bits per heavy atom. The molecular formula is C13H14BrNO3. The third-order valence-corrected chi connectivity index (χ3v) is 3.70. The minimum Gasteiger partial charge on any atom is -0.481 e. The SMILES string of the molecule is O=C(NC1CCC(C(=O)O)C1)c1cccc(Br)c1. The first kappa shape index (κ1) is 13.1. The molecular weight excluding hydrogens is 298 g/mol.